The van der Waals surface area contributed by atoms with Crippen LogP contribution in [0, 0.1) is 56.7 Å². The van der Waals surface area contributed by atoms with E-state index in [9.17, 15) is 39.5 Å². The smallest absolute Gasteiger partial charge is 0.307 e. The zero-order chi connectivity index (χ0) is 52.2. The summed E-state index contributed by atoms with van der Waals surface area (Å²) in [6, 6.07) is 73.7. The number of hydrogen-bond donors (Lipinski definition) is 0. The van der Waals surface area contributed by atoms with Gasteiger partial charge in [0.25, 0.3) is 0 Å². The van der Waals surface area contributed by atoms with Gasteiger partial charge >= 0.3 is 6.18 Å². The third-order valence-corrected chi connectivity index (χ3v) is 14.1. The Morgan fingerprint density at radius 1 is 0.303 bits per heavy atom. The van der Waals surface area contributed by atoms with E-state index in [1.807, 2.05) is 91.0 Å². The van der Waals surface area contributed by atoms with Crippen LogP contribution in [-0.4, -0.2) is 9.13 Å². The number of benzene rings is 10. The van der Waals surface area contributed by atoms with Gasteiger partial charge in [-0.05, 0) is 147 Å². The van der Waals surface area contributed by atoms with E-state index in [-0.39, 0.29) is 16.7 Å². The van der Waals surface area contributed by atoms with Gasteiger partial charge in [-0.15, -0.1) is 0 Å². The van der Waals surface area contributed by atoms with Crippen molar-refractivity contribution in [3.05, 3.63) is 240 Å². The summed E-state index contributed by atoms with van der Waals surface area (Å²) in [5.74, 6) is 0. The fraction of sp³-hybridized carbons (Fsp3) is 0.0152. The van der Waals surface area contributed by atoms with Crippen molar-refractivity contribution in [3.63, 3.8) is 0 Å². The standard InChI is InChI=1S/C66H34F3N7/c67-66(68,69)54-3-1-2-52(28-54)59-34-65(76-62-31-50(46-16-8-42(37-72)9-17-46)22-26-57(62)58-27-23-51(32-63(58)76)47-18-10-43(38-73)11-19-47)64(33-53(59)39-74)75-60-29-48(44-12-4-40(35-70)5-13-44)20-24-55(60)56-25-21-49(30-61(56)75)45-14-6-41(36-71)7-15-45/h1-34H. The lowest BCUT2D eigenvalue weighted by atomic mass is 9.96. The predicted molar refractivity (Wildman–Crippen MR) is 291 cm³/mol. The van der Waals surface area contributed by atoms with Crippen molar-refractivity contribution < 1.29 is 13.2 Å². The molecule has 0 N–H and O–H groups in total. The number of hydrogen-bond acceptors (Lipinski definition) is 5. The first-order valence-electron chi connectivity index (χ1n) is 24.0. The maximum Gasteiger partial charge on any atom is 0.416 e. The zero-order valence-corrected chi connectivity index (χ0v) is 39.9. The molecule has 0 unspecified atom stereocenters. The molecule has 0 spiro atoms. The van der Waals surface area contributed by atoms with Crippen molar-refractivity contribution >= 4 is 43.6 Å². The second kappa shape index (κ2) is 18.3. The van der Waals surface area contributed by atoms with Crippen LogP contribution >= 0.6 is 0 Å². The highest BCUT2D eigenvalue weighted by molar-refractivity contribution is 6.14. The van der Waals surface area contributed by atoms with Crippen LogP contribution in [-0.2, 0) is 6.18 Å². The number of rotatable bonds is 7. The highest BCUT2D eigenvalue weighted by Crippen LogP contribution is 2.45. The third-order valence-electron chi connectivity index (χ3n) is 14.1. The first-order valence-corrected chi connectivity index (χ1v) is 24.0. The van der Waals surface area contributed by atoms with Crippen molar-refractivity contribution in [2.75, 3.05) is 0 Å². The molecule has 0 aliphatic carbocycles. The van der Waals surface area contributed by atoms with Crippen LogP contribution < -0.4 is 0 Å². The average molecular weight is 982 g/mol. The topological polar surface area (TPSA) is 129 Å². The van der Waals surface area contributed by atoms with E-state index in [0.717, 1.165) is 100 Å². The summed E-state index contributed by atoms with van der Waals surface area (Å²) in [5.41, 5.74) is 12.8. The van der Waals surface area contributed by atoms with E-state index < -0.39 is 11.7 Å². The van der Waals surface area contributed by atoms with Crippen LogP contribution in [0.2, 0.25) is 0 Å². The Morgan fingerprint density at radius 2 is 0.618 bits per heavy atom. The molecule has 76 heavy (non-hydrogen) atoms. The Bertz CT molecular complexity index is 4360. The molecule has 12 rings (SSSR count). The minimum Gasteiger partial charge on any atom is -0.307 e. The Morgan fingerprint density at radius 3 is 0.921 bits per heavy atom. The van der Waals surface area contributed by atoms with Crippen molar-refractivity contribution in [2.24, 2.45) is 0 Å². The normalized spacial score (nSPS) is 11.3. The number of aromatic nitrogens is 2. The fourth-order valence-corrected chi connectivity index (χ4v) is 10.4. The van der Waals surface area contributed by atoms with Gasteiger partial charge in [0, 0.05) is 27.1 Å². The van der Waals surface area contributed by atoms with Crippen LogP contribution in [0.4, 0.5) is 13.2 Å². The van der Waals surface area contributed by atoms with Crippen LogP contribution in [0.15, 0.2) is 206 Å². The summed E-state index contributed by atoms with van der Waals surface area (Å²) < 4.78 is 47.9. The Hall–Kier alpha value is -11.0. The van der Waals surface area contributed by atoms with Gasteiger partial charge in [-0.3, -0.25) is 0 Å². The quantitative estimate of drug-likeness (QED) is 0.157. The van der Waals surface area contributed by atoms with E-state index in [0.29, 0.717) is 33.6 Å². The number of halogens is 3. The molecule has 12 aromatic rings. The maximum atomic E-state index is 14.6. The van der Waals surface area contributed by atoms with Gasteiger partial charge in [-0.25, -0.2) is 0 Å². The molecular weight excluding hydrogens is 948 g/mol. The number of nitriles is 5. The van der Waals surface area contributed by atoms with Gasteiger partial charge in [-0.1, -0.05) is 109 Å². The molecule has 10 aromatic carbocycles. The molecule has 0 saturated heterocycles. The molecule has 0 bridgehead atoms. The summed E-state index contributed by atoms with van der Waals surface area (Å²) in [6.45, 7) is 0. The molecule has 0 atom stereocenters. The molecule has 2 heterocycles. The summed E-state index contributed by atoms with van der Waals surface area (Å²) >= 11 is 0. The van der Waals surface area contributed by atoms with E-state index in [2.05, 4.69) is 75.9 Å². The molecule has 0 aliphatic rings. The molecule has 0 amide bonds. The van der Waals surface area contributed by atoms with Gasteiger partial charge in [0.1, 0.15) is 0 Å². The third kappa shape index (κ3) is 7.92. The summed E-state index contributed by atoms with van der Waals surface area (Å²) in [4.78, 5) is 0. The van der Waals surface area contributed by atoms with Gasteiger partial charge in [0.15, 0.2) is 0 Å². The molecule has 0 aliphatic heterocycles. The van der Waals surface area contributed by atoms with Gasteiger partial charge < -0.3 is 9.13 Å². The lowest BCUT2D eigenvalue weighted by Gasteiger charge is -2.20. The van der Waals surface area contributed by atoms with Crippen molar-refractivity contribution in [1.82, 2.24) is 9.13 Å². The minimum absolute atomic E-state index is 0.136. The van der Waals surface area contributed by atoms with Gasteiger partial charge in [0.05, 0.1) is 97.2 Å². The first kappa shape index (κ1) is 46.1. The van der Waals surface area contributed by atoms with Gasteiger partial charge in [0.2, 0.25) is 0 Å². The Balaban J connectivity index is 1.24. The van der Waals surface area contributed by atoms with Crippen LogP contribution in [0.5, 0.6) is 0 Å². The highest BCUT2D eigenvalue weighted by Gasteiger charge is 2.31. The molecule has 0 saturated carbocycles. The number of nitrogens with zero attached hydrogens (tertiary/aromatic N) is 7. The maximum absolute atomic E-state index is 14.6. The number of alkyl halides is 3. The average Bonchev–Trinajstić information content (AvgIpc) is 3.98. The second-order valence-electron chi connectivity index (χ2n) is 18.4. The van der Waals surface area contributed by atoms with Crippen molar-refractivity contribution in [1.29, 1.82) is 26.3 Å². The van der Waals surface area contributed by atoms with Gasteiger partial charge in [-0.2, -0.15) is 39.5 Å². The first-order chi connectivity index (χ1) is 37.0. The minimum atomic E-state index is -4.66. The molecule has 0 fully saturated rings. The molecule has 354 valence electrons. The largest absolute Gasteiger partial charge is 0.416 e. The lowest BCUT2D eigenvalue weighted by molar-refractivity contribution is -0.137. The molecular formula is C66H34F3N7. The Kier molecular flexibility index (Phi) is 11.1. The molecule has 2 aromatic heterocycles. The molecule has 7 nitrogen and oxygen atoms in total. The number of fused-ring (bicyclic) bond motifs is 6. The van der Waals surface area contributed by atoms with E-state index in [4.69, 9.17) is 0 Å². The zero-order valence-electron chi connectivity index (χ0n) is 39.9. The van der Waals surface area contributed by atoms with E-state index >= 15 is 0 Å². The second-order valence-corrected chi connectivity index (χ2v) is 18.4. The SMILES string of the molecule is N#Cc1ccc(-c2ccc3c4ccc(-c5ccc(C#N)cc5)cc4n(-c4cc(C#N)c(-c5cccc(C(F)(F)F)c5)cc4-n4c5cc(-c6ccc(C#N)cc6)ccc5c5ccc(-c6ccc(C#N)cc6)cc54)c3c2)cc1. The highest BCUT2D eigenvalue weighted by atomic mass is 19.4. The monoisotopic (exact) mass is 981 g/mol. The molecule has 10 heteroatoms. The van der Waals surface area contributed by atoms with Crippen LogP contribution in [0.25, 0.3) is 111 Å². The summed E-state index contributed by atoms with van der Waals surface area (Å²) in [7, 11) is 0. The van der Waals surface area contributed by atoms with E-state index in [1.165, 1.54) is 6.07 Å². The van der Waals surface area contributed by atoms with Crippen molar-refractivity contribution in [3.8, 4) is 97.4 Å². The Labute approximate surface area is 433 Å². The predicted octanol–water partition coefficient (Wildman–Crippen LogP) is 16.6. The van der Waals surface area contributed by atoms with Crippen LogP contribution in [0.3, 0.4) is 0 Å². The summed E-state index contributed by atoms with van der Waals surface area (Å²) in [6.07, 6.45) is -4.66. The lowest BCUT2D eigenvalue weighted by Crippen LogP contribution is -2.07. The van der Waals surface area contributed by atoms with E-state index in [1.54, 1.807) is 60.7 Å². The summed E-state index contributed by atoms with van der Waals surface area (Å²) in [5, 5.41) is 53.4. The fourth-order valence-electron chi connectivity index (χ4n) is 10.4. The van der Waals surface area contributed by atoms with Crippen LogP contribution in [0.1, 0.15) is 33.4 Å². The van der Waals surface area contributed by atoms with Crippen molar-refractivity contribution in [2.45, 2.75) is 6.18 Å². The molecule has 0 radical (unpaired) electrons.